The molecular weight excluding hydrogens is 1370 g/mol. The van der Waals surface area contributed by atoms with E-state index in [1.807, 2.05) is 94.7 Å². The highest BCUT2D eigenvalue weighted by atomic mass is 79.9. The summed E-state index contributed by atoms with van der Waals surface area (Å²) in [5.41, 5.74) is 10.9. The van der Waals surface area contributed by atoms with Gasteiger partial charge >= 0.3 is 5.97 Å². The monoisotopic (exact) mass is 1430 g/mol. The Morgan fingerprint density at radius 1 is 0.644 bits per heavy atom. The minimum absolute atomic E-state index is 0. The molecule has 29 heteroatoms. The van der Waals surface area contributed by atoms with Gasteiger partial charge in [-0.05, 0) is 144 Å². The predicted octanol–water partition coefficient (Wildman–Crippen LogP) is 10.8. The number of anilines is 2. The molecule has 3 amide bonds. The summed E-state index contributed by atoms with van der Waals surface area (Å²) < 4.78 is 35.4. The number of carboxylic acids is 1. The van der Waals surface area contributed by atoms with Crippen LogP contribution in [0.5, 0.6) is 0 Å². The fourth-order valence-corrected chi connectivity index (χ4v) is 11.6. The lowest BCUT2D eigenvalue weighted by atomic mass is 10.0. The largest absolute Gasteiger partial charge is 0.480 e. The van der Waals surface area contributed by atoms with E-state index < -0.39 is 42.2 Å². The molecule has 2 fully saturated rings. The molecule has 10 aromatic rings. The van der Waals surface area contributed by atoms with Crippen LogP contribution in [0.4, 0.5) is 20.4 Å². The summed E-state index contributed by atoms with van der Waals surface area (Å²) in [7, 11) is 0. The van der Waals surface area contributed by atoms with Gasteiger partial charge in [0.1, 0.15) is 52.3 Å². The van der Waals surface area contributed by atoms with Crippen LogP contribution in [0.15, 0.2) is 119 Å². The molecular formula is C61H63Br2ClF2N14O7S3. The Kier molecular flexibility index (Phi) is 24.3. The third kappa shape index (κ3) is 16.7. The quantitative estimate of drug-likeness (QED) is 0.0655. The smallest absolute Gasteiger partial charge is 0.323 e. The number of rotatable bonds is 12. The van der Waals surface area contributed by atoms with Crippen molar-refractivity contribution >= 4 is 160 Å². The molecule has 472 valence electrons. The minimum Gasteiger partial charge on any atom is -0.480 e. The molecule has 0 saturated carbocycles. The summed E-state index contributed by atoms with van der Waals surface area (Å²) in [6.45, 7) is 10.2. The number of halogens is 5. The molecule has 21 nitrogen and oxygen atoms in total. The Morgan fingerprint density at radius 2 is 1.11 bits per heavy atom. The van der Waals surface area contributed by atoms with Gasteiger partial charge in [-0.2, -0.15) is 23.7 Å². The van der Waals surface area contributed by atoms with Gasteiger partial charge in [0.2, 0.25) is 17.7 Å². The number of carbonyl (C=O) groups is 6. The summed E-state index contributed by atoms with van der Waals surface area (Å²) in [5.74, 6) is -1.58. The molecule has 10 heterocycles. The Hall–Kier alpha value is -7.86. The van der Waals surface area contributed by atoms with Crippen molar-refractivity contribution in [2.24, 2.45) is 0 Å². The molecule has 90 heavy (non-hydrogen) atoms. The standard InChI is InChI=1S/C30H27BrFN7O3.C19H16N4O3.C11H13BrFN3O.CH4.ClH.S2.H2S/c1-16-6-26(31)34-27(7-16)35-30(42)25-10-21(32)13-38(25)29(41)15-37-14-23(18(3)40)22-9-19(4-5-24(22)37)20-11-33-28-8-17(2)36-39(28)12-20;1-11-5-18-20-7-14(8-23(18)21-11)13-3-4-17-15(6-13)16(12(2)24)9-22(17)10-19(25)26;1-6-2-9(12)15-10(3-6)16-11(17)8-4-7(13)5-14-8;;;1-2;/h4-9,11-12,14,21,25H,10,13,15H2,1-3H3,(H,34,35,42);3-9H,10H2,1-2H3,(H,25,26);2-3,7-8,14H,4-5H2,1H3,(H,15,16,17);1H4;1H;;1H2/t21-,25+;;7-,8+;;;;/m1.1..../s1. The first-order chi connectivity index (χ1) is 41.5. The number of hydrogen-bond donors (Lipinski definition) is 4. The number of benzene rings is 2. The third-order valence-electron chi connectivity index (χ3n) is 14.3. The van der Waals surface area contributed by atoms with E-state index in [1.54, 1.807) is 61.2 Å². The number of aliphatic carboxylic acids is 1. The number of pyridine rings is 2. The van der Waals surface area contributed by atoms with E-state index in [0.717, 1.165) is 61.4 Å². The zero-order chi connectivity index (χ0) is 62.5. The molecule has 8 aromatic heterocycles. The summed E-state index contributed by atoms with van der Waals surface area (Å²) in [6, 6.07) is 20.7. The molecule has 4 N–H and O–H groups in total. The number of carbonyl (C=O) groups excluding carboxylic acids is 5. The topological polar surface area (TPSA) is 258 Å². The molecule has 2 aromatic carbocycles. The highest BCUT2D eigenvalue weighted by molar-refractivity contribution is 9.10. The number of alkyl halides is 2. The SMILES string of the molecule is C.CC(=O)c1cn(CC(=O)N2C[C@H](F)C[C@H]2C(=O)Nc2cc(C)cc(Br)n2)c2ccc(-c3cnc4cc(C)nn4c3)cc12.CC(=O)c1cn(CC(=O)O)c2ccc(-c3cnc4cc(C)nn4c3)cc12.Cc1cc(Br)nc(NC(=O)[C@@H]2C[C@@H](F)CN2)c1.Cl.S.S=S. The number of aryl methyl sites for hydroxylation is 4. The molecule has 0 bridgehead atoms. The Balaban J connectivity index is 0.000000229. The van der Waals surface area contributed by atoms with Crippen LogP contribution >= 0.6 is 57.8 Å². The lowest BCUT2D eigenvalue weighted by molar-refractivity contribution is -0.137. The van der Waals surface area contributed by atoms with Gasteiger partial charge in [0.05, 0.1) is 24.0 Å². The number of likely N-dealkylation sites (tertiary alicyclic amines) is 1. The fourth-order valence-electron chi connectivity index (χ4n) is 10.4. The van der Waals surface area contributed by atoms with Crippen molar-refractivity contribution in [1.29, 1.82) is 0 Å². The number of nitrogens with one attached hydrogen (secondary N) is 3. The average molecular weight is 1430 g/mol. The van der Waals surface area contributed by atoms with Gasteiger partial charge in [0.25, 0.3) is 0 Å². The van der Waals surface area contributed by atoms with Crippen LogP contribution in [-0.2, 0) is 54.6 Å². The summed E-state index contributed by atoms with van der Waals surface area (Å²) in [4.78, 5) is 92.6. The van der Waals surface area contributed by atoms with E-state index >= 15 is 0 Å². The second-order valence-corrected chi connectivity index (χ2v) is 22.7. The highest BCUT2D eigenvalue weighted by Crippen LogP contribution is 2.32. The number of ketones is 2. The van der Waals surface area contributed by atoms with Gasteiger partial charge in [0.15, 0.2) is 22.9 Å². The van der Waals surface area contributed by atoms with Crippen LogP contribution in [-0.4, -0.2) is 131 Å². The van der Waals surface area contributed by atoms with Crippen LogP contribution in [0.2, 0.25) is 0 Å². The maximum atomic E-state index is 14.6. The first-order valence-electron chi connectivity index (χ1n) is 27.0. The van der Waals surface area contributed by atoms with Gasteiger partial charge in [-0.25, -0.2) is 37.7 Å². The van der Waals surface area contributed by atoms with E-state index in [4.69, 9.17) is 5.11 Å². The number of nitrogens with zero attached hydrogens (tertiary/aromatic N) is 11. The Morgan fingerprint density at radius 3 is 1.54 bits per heavy atom. The molecule has 0 spiro atoms. The van der Waals surface area contributed by atoms with E-state index in [9.17, 15) is 37.5 Å². The molecule has 2 saturated heterocycles. The molecule has 0 unspecified atom stereocenters. The minimum atomic E-state index is -1.33. The van der Waals surface area contributed by atoms with Crippen molar-refractivity contribution < 1.29 is 42.7 Å². The van der Waals surface area contributed by atoms with Gasteiger partial charge in [-0.3, -0.25) is 28.8 Å². The van der Waals surface area contributed by atoms with Crippen LogP contribution in [0.1, 0.15) is 77.3 Å². The lowest BCUT2D eigenvalue weighted by Crippen LogP contribution is -2.44. The predicted molar refractivity (Wildman–Crippen MR) is 361 cm³/mol. The molecule has 2 aliphatic rings. The molecule has 0 aliphatic carbocycles. The Labute approximate surface area is 555 Å². The van der Waals surface area contributed by atoms with Crippen LogP contribution in [0.3, 0.4) is 0 Å². The van der Waals surface area contributed by atoms with E-state index in [-0.39, 0.29) is 89.8 Å². The second-order valence-electron chi connectivity index (χ2n) is 21.0. The highest BCUT2D eigenvalue weighted by Gasteiger charge is 2.40. The Bertz CT molecular complexity index is 4320. The maximum absolute atomic E-state index is 14.6. The number of fused-ring (bicyclic) bond motifs is 4. The molecule has 12 rings (SSSR count). The fraction of sp³-hybridized carbons (Fsp3) is 0.279. The third-order valence-corrected chi connectivity index (χ3v) is 15.1. The molecule has 4 atom stereocenters. The number of Topliss-reactive ketones (excluding diaryl/α,β-unsaturated/α-hetero) is 2. The van der Waals surface area contributed by atoms with Crippen LogP contribution < -0.4 is 16.0 Å². The summed E-state index contributed by atoms with van der Waals surface area (Å²) >= 11 is 13.9. The van der Waals surface area contributed by atoms with E-state index in [2.05, 4.69) is 100 Å². The first-order valence-corrected chi connectivity index (χ1v) is 30.0. The van der Waals surface area contributed by atoms with Crippen molar-refractivity contribution in [2.75, 3.05) is 23.7 Å². The van der Waals surface area contributed by atoms with Gasteiger partial charge in [0, 0.05) is 135 Å². The summed E-state index contributed by atoms with van der Waals surface area (Å²) in [6.07, 6.45) is 8.36. The van der Waals surface area contributed by atoms with Crippen molar-refractivity contribution in [3.05, 3.63) is 153 Å². The normalized spacial score (nSPS) is 15.6. The number of amides is 3. The van der Waals surface area contributed by atoms with E-state index in [1.165, 1.54) is 18.7 Å². The zero-order valence-corrected chi connectivity index (χ0v) is 55.1. The van der Waals surface area contributed by atoms with Crippen molar-refractivity contribution in [2.45, 2.75) is 99.3 Å². The van der Waals surface area contributed by atoms with E-state index in [0.29, 0.717) is 48.4 Å². The van der Waals surface area contributed by atoms with Crippen molar-refractivity contribution in [3.63, 3.8) is 0 Å². The zero-order valence-electron chi connectivity index (χ0n) is 48.5. The second kappa shape index (κ2) is 30.8. The molecule has 2 aliphatic heterocycles. The van der Waals surface area contributed by atoms with Gasteiger partial charge in [-0.1, -0.05) is 19.6 Å². The number of carboxylic acid groups (broad SMARTS) is 1. The molecule has 0 radical (unpaired) electrons. The average Bonchev–Trinajstić information content (AvgIpc) is 2.84. The van der Waals surface area contributed by atoms with Crippen molar-refractivity contribution in [1.82, 2.24) is 58.5 Å². The van der Waals surface area contributed by atoms with Gasteiger partial charge in [-0.15, -0.1) is 12.4 Å². The number of aromatic nitrogens is 10. The van der Waals surface area contributed by atoms with Crippen LogP contribution in [0.25, 0.3) is 55.4 Å². The van der Waals surface area contributed by atoms with Crippen LogP contribution in [0, 0.1) is 27.7 Å². The number of hydrogen-bond acceptors (Lipinski definition) is 15. The maximum Gasteiger partial charge on any atom is 0.323 e. The van der Waals surface area contributed by atoms with Gasteiger partial charge < -0.3 is 35.1 Å². The summed E-state index contributed by atoms with van der Waals surface area (Å²) in [5, 5.41) is 27.5. The first kappa shape index (κ1) is 71.2. The van der Waals surface area contributed by atoms with Crippen molar-refractivity contribution in [3.8, 4) is 22.3 Å². The lowest BCUT2D eigenvalue weighted by Gasteiger charge is -2.24.